The number of nitrogens with one attached hydrogen (secondary N) is 2. The lowest BCUT2D eigenvalue weighted by atomic mass is 10.2. The van der Waals surface area contributed by atoms with E-state index < -0.39 is 24.4 Å². The number of para-hydroxylation sites is 1. The highest BCUT2D eigenvalue weighted by atomic mass is 16.5. The molecule has 2 rings (SSSR count). The first kappa shape index (κ1) is 17.7. The molecule has 2 aromatic rings. The van der Waals surface area contributed by atoms with Gasteiger partial charge in [-0.1, -0.05) is 12.1 Å². The number of hydrogen-bond donors (Lipinski definition) is 2. The maximum Gasteiger partial charge on any atom is 0.287 e. The summed E-state index contributed by atoms with van der Waals surface area (Å²) < 4.78 is 9.93. The molecule has 0 bridgehead atoms. The minimum absolute atomic E-state index is 0.0929. The summed E-state index contributed by atoms with van der Waals surface area (Å²) in [5.74, 6) is -2.06. The Balaban J connectivity index is 1.83. The van der Waals surface area contributed by atoms with E-state index in [2.05, 4.69) is 15.8 Å². The van der Waals surface area contributed by atoms with Crippen molar-refractivity contribution in [2.45, 2.75) is 0 Å². The van der Waals surface area contributed by atoms with Crippen LogP contribution >= 0.6 is 0 Å². The molecule has 0 radical (unpaired) electrons. The van der Waals surface area contributed by atoms with Gasteiger partial charge in [0.15, 0.2) is 5.76 Å². The average molecular weight is 344 g/mol. The smallest absolute Gasteiger partial charge is 0.287 e. The molecule has 2 amide bonds. The molecule has 0 atom stereocenters. The Kier molecular flexibility index (Phi) is 6.29. The number of carboxylic acid groups (broad SMARTS) is 1. The summed E-state index contributed by atoms with van der Waals surface area (Å²) in [6.07, 6.45) is 2.63. The van der Waals surface area contributed by atoms with Crippen LogP contribution in [-0.2, 0) is 9.59 Å². The summed E-state index contributed by atoms with van der Waals surface area (Å²) >= 11 is 0. The maximum atomic E-state index is 11.6. The van der Waals surface area contributed by atoms with Gasteiger partial charge in [-0.2, -0.15) is 5.10 Å². The number of carbonyl (C=O) groups is 3. The zero-order valence-electron chi connectivity index (χ0n) is 12.9. The molecule has 0 saturated carbocycles. The maximum absolute atomic E-state index is 11.6. The van der Waals surface area contributed by atoms with Crippen molar-refractivity contribution in [2.75, 3.05) is 13.2 Å². The fourth-order valence-corrected chi connectivity index (χ4v) is 1.72. The molecular weight excluding hydrogens is 330 g/mol. The molecule has 0 spiro atoms. The molecule has 25 heavy (non-hydrogen) atoms. The fraction of sp³-hybridized carbons (Fsp3) is 0.125. The zero-order valence-corrected chi connectivity index (χ0v) is 12.9. The van der Waals surface area contributed by atoms with E-state index in [1.807, 2.05) is 0 Å². The molecule has 130 valence electrons. The molecule has 0 aliphatic heterocycles. The van der Waals surface area contributed by atoms with Gasteiger partial charge in [-0.15, -0.1) is 0 Å². The second-order valence-corrected chi connectivity index (χ2v) is 4.65. The highest BCUT2D eigenvalue weighted by Crippen LogP contribution is 2.15. The van der Waals surface area contributed by atoms with Gasteiger partial charge in [-0.05, 0) is 24.3 Å². The van der Waals surface area contributed by atoms with Crippen molar-refractivity contribution >= 4 is 24.0 Å². The summed E-state index contributed by atoms with van der Waals surface area (Å²) in [4.78, 5) is 33.6. The largest absolute Gasteiger partial charge is 0.546 e. The molecule has 2 N–H and O–H groups in total. The van der Waals surface area contributed by atoms with Crippen LogP contribution < -0.4 is 20.6 Å². The highest BCUT2D eigenvalue weighted by Gasteiger charge is 2.09. The molecular formula is C16H14N3O6-. The van der Waals surface area contributed by atoms with Gasteiger partial charge in [-0.3, -0.25) is 9.59 Å². The predicted octanol–water partition coefficient (Wildman–Crippen LogP) is -0.712. The van der Waals surface area contributed by atoms with Crippen molar-refractivity contribution in [1.29, 1.82) is 0 Å². The third-order valence-corrected chi connectivity index (χ3v) is 2.81. The van der Waals surface area contributed by atoms with Crippen LogP contribution in [0.1, 0.15) is 16.1 Å². The Hall–Kier alpha value is -3.62. The minimum Gasteiger partial charge on any atom is -0.546 e. The molecule has 1 heterocycles. The first-order valence-electron chi connectivity index (χ1n) is 7.11. The van der Waals surface area contributed by atoms with Gasteiger partial charge in [0.2, 0.25) is 0 Å². The molecule has 0 unspecified atom stereocenters. The molecule has 0 aliphatic rings. The van der Waals surface area contributed by atoms with Gasteiger partial charge >= 0.3 is 0 Å². The van der Waals surface area contributed by atoms with Crippen molar-refractivity contribution in [3.8, 4) is 5.75 Å². The normalized spacial score (nSPS) is 10.4. The highest BCUT2D eigenvalue weighted by molar-refractivity contribution is 5.94. The van der Waals surface area contributed by atoms with Gasteiger partial charge in [0, 0.05) is 5.56 Å². The van der Waals surface area contributed by atoms with Crippen LogP contribution in [0.5, 0.6) is 5.75 Å². The number of aliphatic carboxylic acids is 1. The number of carbonyl (C=O) groups excluding carboxylic acids is 3. The number of hydrazone groups is 1. The summed E-state index contributed by atoms with van der Waals surface area (Å²) in [5, 5.41) is 16.5. The first-order valence-corrected chi connectivity index (χ1v) is 7.11. The lowest BCUT2D eigenvalue weighted by Crippen LogP contribution is -2.34. The van der Waals surface area contributed by atoms with Crippen molar-refractivity contribution in [3.63, 3.8) is 0 Å². The monoisotopic (exact) mass is 344 g/mol. The minimum atomic E-state index is -1.35. The molecule has 9 heteroatoms. The van der Waals surface area contributed by atoms with E-state index in [9.17, 15) is 19.5 Å². The lowest BCUT2D eigenvalue weighted by molar-refractivity contribution is -0.307. The van der Waals surface area contributed by atoms with Crippen molar-refractivity contribution in [2.24, 2.45) is 5.10 Å². The van der Waals surface area contributed by atoms with Crippen molar-refractivity contribution in [1.82, 2.24) is 10.7 Å². The molecule has 0 fully saturated rings. The Morgan fingerprint density at radius 3 is 2.72 bits per heavy atom. The van der Waals surface area contributed by atoms with E-state index in [1.54, 1.807) is 30.3 Å². The molecule has 1 aromatic heterocycles. The second kappa shape index (κ2) is 8.87. The number of benzene rings is 1. The fourth-order valence-electron chi connectivity index (χ4n) is 1.72. The third kappa shape index (κ3) is 5.82. The van der Waals surface area contributed by atoms with Gasteiger partial charge < -0.3 is 24.4 Å². The lowest BCUT2D eigenvalue weighted by Gasteiger charge is -2.09. The van der Waals surface area contributed by atoms with E-state index in [-0.39, 0.29) is 18.1 Å². The summed E-state index contributed by atoms with van der Waals surface area (Å²) in [6, 6.07) is 9.55. The van der Waals surface area contributed by atoms with Gasteiger partial charge in [0.1, 0.15) is 12.4 Å². The first-order chi connectivity index (χ1) is 12.1. The van der Waals surface area contributed by atoms with Crippen LogP contribution in [0.4, 0.5) is 0 Å². The zero-order chi connectivity index (χ0) is 18.1. The standard InChI is InChI=1S/C16H15N3O6/c20-14(9-17-16(23)13-6-3-7-24-13)19-18-8-11-4-1-2-5-12(11)25-10-15(21)22/h1-8H,9-10H2,(H,17,23)(H,19,20)(H,21,22)/p-1/b18-8-. The Bertz CT molecular complexity index is 770. The van der Waals surface area contributed by atoms with Crippen LogP contribution in [0.25, 0.3) is 0 Å². The quantitative estimate of drug-likeness (QED) is 0.480. The topological polar surface area (TPSA) is 133 Å². The third-order valence-electron chi connectivity index (χ3n) is 2.81. The van der Waals surface area contributed by atoms with E-state index in [0.29, 0.717) is 5.56 Å². The predicted molar refractivity (Wildman–Crippen MR) is 83.7 cm³/mol. The van der Waals surface area contributed by atoms with E-state index >= 15 is 0 Å². The van der Waals surface area contributed by atoms with Crippen LogP contribution in [-0.4, -0.2) is 37.1 Å². The van der Waals surface area contributed by atoms with Crippen molar-refractivity contribution in [3.05, 3.63) is 54.0 Å². The van der Waals surface area contributed by atoms with Gasteiger partial charge in [-0.25, -0.2) is 5.43 Å². The number of furan rings is 1. The SMILES string of the molecule is O=C([O-])COc1ccccc1/C=N\NC(=O)CNC(=O)c1ccco1. The average Bonchev–Trinajstić information content (AvgIpc) is 3.13. The number of nitrogens with zero attached hydrogens (tertiary/aromatic N) is 1. The van der Waals surface area contributed by atoms with Crippen LogP contribution in [0.3, 0.4) is 0 Å². The van der Waals surface area contributed by atoms with E-state index in [1.165, 1.54) is 18.5 Å². The van der Waals surface area contributed by atoms with Crippen LogP contribution in [0.15, 0.2) is 52.2 Å². The van der Waals surface area contributed by atoms with Crippen LogP contribution in [0.2, 0.25) is 0 Å². The Morgan fingerprint density at radius 2 is 2.00 bits per heavy atom. The van der Waals surface area contributed by atoms with E-state index in [4.69, 9.17) is 9.15 Å². The second-order valence-electron chi connectivity index (χ2n) is 4.65. The van der Waals surface area contributed by atoms with E-state index in [0.717, 1.165) is 0 Å². The van der Waals surface area contributed by atoms with Gasteiger partial charge in [0.05, 0.1) is 25.0 Å². The van der Waals surface area contributed by atoms with Crippen LogP contribution in [0, 0.1) is 0 Å². The molecule has 1 aromatic carbocycles. The summed E-state index contributed by atoms with van der Waals surface area (Å²) in [5.41, 5.74) is 2.69. The number of hydrogen-bond acceptors (Lipinski definition) is 7. The number of ether oxygens (including phenoxy) is 1. The summed E-state index contributed by atoms with van der Waals surface area (Å²) in [7, 11) is 0. The number of amides is 2. The van der Waals surface area contributed by atoms with Gasteiger partial charge in [0.25, 0.3) is 11.8 Å². The Labute approximate surface area is 142 Å². The number of carboxylic acids is 1. The molecule has 0 aliphatic carbocycles. The summed E-state index contributed by atoms with van der Waals surface area (Å²) in [6.45, 7) is -0.893. The Morgan fingerprint density at radius 1 is 1.20 bits per heavy atom. The number of rotatable bonds is 8. The van der Waals surface area contributed by atoms with Crippen molar-refractivity contribution < 1.29 is 28.6 Å². The molecule has 9 nitrogen and oxygen atoms in total. The molecule has 0 saturated heterocycles.